The third-order valence-electron chi connectivity index (χ3n) is 4.04. The fourth-order valence-electron chi connectivity index (χ4n) is 2.60. The number of rotatable bonds is 4. The molecule has 0 saturated heterocycles. The Morgan fingerprint density at radius 3 is 2.77 bits per heavy atom. The molecule has 2 heterocycles. The van der Waals surface area contributed by atoms with Crippen molar-refractivity contribution in [1.29, 1.82) is 0 Å². The van der Waals surface area contributed by atoms with Crippen molar-refractivity contribution in [3.63, 3.8) is 0 Å². The van der Waals surface area contributed by atoms with Crippen LogP contribution >= 0.6 is 0 Å². The van der Waals surface area contributed by atoms with Crippen molar-refractivity contribution >= 4 is 16.9 Å². The van der Waals surface area contributed by atoms with Crippen LogP contribution in [0.15, 0.2) is 45.6 Å². The van der Waals surface area contributed by atoms with Crippen LogP contribution in [-0.2, 0) is 11.2 Å². The molecule has 3 aromatic rings. The molecule has 1 atom stereocenters. The first-order chi connectivity index (χ1) is 10.6. The molecule has 0 saturated carbocycles. The molecule has 4 nitrogen and oxygen atoms in total. The van der Waals surface area contributed by atoms with Crippen LogP contribution in [0.3, 0.4) is 0 Å². The molecule has 0 aliphatic rings. The maximum atomic E-state index is 12.2. The smallest absolute Gasteiger partial charge is 0.225 e. The monoisotopic (exact) mass is 297 g/mol. The molecule has 3 rings (SSSR count). The van der Waals surface area contributed by atoms with Crippen LogP contribution in [0.2, 0.25) is 0 Å². The Bertz CT molecular complexity index is 799. The average molecular weight is 297 g/mol. The predicted molar refractivity (Wildman–Crippen MR) is 84.7 cm³/mol. The molecule has 0 bridgehead atoms. The molecule has 0 unspecified atom stereocenters. The summed E-state index contributed by atoms with van der Waals surface area (Å²) in [6.07, 6.45) is 3.57. The molecule has 0 fully saturated rings. The van der Waals surface area contributed by atoms with Crippen LogP contribution in [-0.4, -0.2) is 5.91 Å². The molecule has 0 radical (unpaired) electrons. The van der Waals surface area contributed by atoms with Crippen LogP contribution in [0.4, 0.5) is 0 Å². The highest BCUT2D eigenvalue weighted by molar-refractivity contribution is 5.89. The van der Waals surface area contributed by atoms with E-state index in [0.29, 0.717) is 6.42 Å². The van der Waals surface area contributed by atoms with Crippen molar-refractivity contribution in [3.05, 3.63) is 59.2 Å². The minimum atomic E-state index is -0.148. The molecule has 0 aliphatic heterocycles. The van der Waals surface area contributed by atoms with Crippen molar-refractivity contribution in [3.8, 4) is 0 Å². The van der Waals surface area contributed by atoms with Gasteiger partial charge >= 0.3 is 0 Å². The third-order valence-corrected chi connectivity index (χ3v) is 4.04. The van der Waals surface area contributed by atoms with E-state index in [1.165, 1.54) is 5.56 Å². The van der Waals surface area contributed by atoms with Crippen LogP contribution in [0.25, 0.3) is 11.0 Å². The fraction of sp³-hybridized carbons (Fsp3) is 0.278. The van der Waals surface area contributed by atoms with E-state index in [1.807, 2.05) is 32.0 Å². The number of fused-ring (bicyclic) bond motifs is 1. The van der Waals surface area contributed by atoms with Crippen molar-refractivity contribution in [2.75, 3.05) is 0 Å². The first-order valence-electron chi connectivity index (χ1n) is 7.35. The number of aryl methyl sites for hydroxylation is 2. The highest BCUT2D eigenvalue weighted by Crippen LogP contribution is 2.26. The van der Waals surface area contributed by atoms with Gasteiger partial charge < -0.3 is 14.2 Å². The Morgan fingerprint density at radius 2 is 2.05 bits per heavy atom. The highest BCUT2D eigenvalue weighted by Gasteiger charge is 2.15. The molecular formula is C18H19NO3. The Balaban J connectivity index is 1.76. The van der Waals surface area contributed by atoms with E-state index in [9.17, 15) is 4.79 Å². The number of carbonyl (C=O) groups excluding carboxylic acids is 1. The largest absolute Gasteiger partial charge is 0.467 e. The third kappa shape index (κ3) is 2.64. The number of nitrogens with one attached hydrogen (secondary N) is 1. The van der Waals surface area contributed by atoms with Crippen molar-refractivity contribution in [2.24, 2.45) is 0 Å². The zero-order valence-corrected chi connectivity index (χ0v) is 13.0. The first-order valence-corrected chi connectivity index (χ1v) is 7.35. The van der Waals surface area contributed by atoms with Gasteiger partial charge in [0.1, 0.15) is 11.3 Å². The summed E-state index contributed by atoms with van der Waals surface area (Å²) < 4.78 is 10.9. The van der Waals surface area contributed by atoms with Gasteiger partial charge in [0.05, 0.1) is 25.0 Å². The second-order valence-electron chi connectivity index (χ2n) is 5.63. The van der Waals surface area contributed by atoms with Gasteiger partial charge in [0.15, 0.2) is 0 Å². The van der Waals surface area contributed by atoms with E-state index in [2.05, 4.69) is 18.3 Å². The van der Waals surface area contributed by atoms with E-state index in [-0.39, 0.29) is 11.9 Å². The highest BCUT2D eigenvalue weighted by atomic mass is 16.3. The lowest BCUT2D eigenvalue weighted by atomic mass is 10.0. The topological polar surface area (TPSA) is 55.4 Å². The standard InChI is InChI=1S/C18H19NO3/c1-11-6-7-15-14(10-22-18(15)12(11)2)9-17(20)19-13(3)16-5-4-8-21-16/h4-8,10,13H,9H2,1-3H3,(H,19,20)/t13-/m0/s1. The molecule has 0 aliphatic carbocycles. The van der Waals surface area contributed by atoms with Gasteiger partial charge in [0.2, 0.25) is 5.91 Å². The van der Waals surface area contributed by atoms with Gasteiger partial charge in [-0.2, -0.15) is 0 Å². The predicted octanol–water partition coefficient (Wildman–Crippen LogP) is 4.06. The minimum Gasteiger partial charge on any atom is -0.467 e. The summed E-state index contributed by atoms with van der Waals surface area (Å²) in [5.41, 5.74) is 4.07. The van der Waals surface area contributed by atoms with E-state index < -0.39 is 0 Å². The van der Waals surface area contributed by atoms with Gasteiger partial charge in [-0.15, -0.1) is 0 Å². The summed E-state index contributed by atoms with van der Waals surface area (Å²) in [6, 6.07) is 7.58. The number of hydrogen-bond acceptors (Lipinski definition) is 3. The second kappa shape index (κ2) is 5.72. The van der Waals surface area contributed by atoms with Crippen molar-refractivity contribution in [1.82, 2.24) is 5.32 Å². The van der Waals surface area contributed by atoms with E-state index in [0.717, 1.165) is 27.9 Å². The zero-order chi connectivity index (χ0) is 15.7. The maximum absolute atomic E-state index is 12.2. The number of amides is 1. The van der Waals surface area contributed by atoms with Crippen molar-refractivity contribution < 1.29 is 13.6 Å². The fourth-order valence-corrected chi connectivity index (χ4v) is 2.60. The number of carbonyl (C=O) groups is 1. The van der Waals surface area contributed by atoms with Gasteiger partial charge in [-0.1, -0.05) is 12.1 Å². The molecule has 1 N–H and O–H groups in total. The van der Waals surface area contributed by atoms with Gasteiger partial charge in [-0.25, -0.2) is 0 Å². The summed E-state index contributed by atoms with van der Waals surface area (Å²) in [5.74, 6) is 0.696. The van der Waals surface area contributed by atoms with E-state index in [1.54, 1.807) is 12.5 Å². The number of benzene rings is 1. The minimum absolute atomic E-state index is 0.0511. The zero-order valence-electron chi connectivity index (χ0n) is 13.0. The molecular weight excluding hydrogens is 278 g/mol. The summed E-state index contributed by atoms with van der Waals surface area (Å²) in [5, 5.41) is 3.94. The maximum Gasteiger partial charge on any atom is 0.225 e. The molecule has 114 valence electrons. The first kappa shape index (κ1) is 14.4. The van der Waals surface area contributed by atoms with Gasteiger partial charge in [0.25, 0.3) is 0 Å². The lowest BCUT2D eigenvalue weighted by Crippen LogP contribution is -2.27. The summed E-state index contributed by atoms with van der Waals surface area (Å²) in [6.45, 7) is 5.98. The van der Waals surface area contributed by atoms with Crippen LogP contribution in [0.5, 0.6) is 0 Å². The van der Waals surface area contributed by atoms with Crippen molar-refractivity contribution in [2.45, 2.75) is 33.2 Å². The summed E-state index contributed by atoms with van der Waals surface area (Å²) >= 11 is 0. The van der Waals surface area contributed by atoms with Gasteiger partial charge in [0, 0.05) is 10.9 Å². The molecule has 1 amide bonds. The van der Waals surface area contributed by atoms with Crippen LogP contribution in [0.1, 0.15) is 35.4 Å². The SMILES string of the molecule is Cc1ccc2c(CC(=O)N[C@@H](C)c3ccco3)coc2c1C. The molecule has 0 spiro atoms. The normalized spacial score (nSPS) is 12.5. The Labute approximate surface area is 129 Å². The quantitative estimate of drug-likeness (QED) is 0.790. The molecule has 4 heteroatoms. The molecule has 2 aromatic heterocycles. The lowest BCUT2D eigenvalue weighted by molar-refractivity contribution is -0.121. The second-order valence-corrected chi connectivity index (χ2v) is 5.63. The van der Waals surface area contributed by atoms with Crippen LogP contribution < -0.4 is 5.32 Å². The lowest BCUT2D eigenvalue weighted by Gasteiger charge is -2.11. The molecule has 1 aromatic carbocycles. The summed E-state index contributed by atoms with van der Waals surface area (Å²) in [4.78, 5) is 12.2. The summed E-state index contributed by atoms with van der Waals surface area (Å²) in [7, 11) is 0. The van der Waals surface area contributed by atoms with Crippen LogP contribution in [0, 0.1) is 13.8 Å². The molecule has 22 heavy (non-hydrogen) atoms. The number of hydrogen-bond donors (Lipinski definition) is 1. The van der Waals surface area contributed by atoms with Gasteiger partial charge in [-0.3, -0.25) is 4.79 Å². The number of furan rings is 2. The van der Waals surface area contributed by atoms with E-state index in [4.69, 9.17) is 8.83 Å². The Morgan fingerprint density at radius 1 is 1.23 bits per heavy atom. The van der Waals surface area contributed by atoms with Gasteiger partial charge in [-0.05, 0) is 44.0 Å². The van der Waals surface area contributed by atoms with E-state index >= 15 is 0 Å². The average Bonchev–Trinajstić information content (AvgIpc) is 3.13. The Hall–Kier alpha value is -2.49. The Kier molecular flexibility index (Phi) is 3.75.